The van der Waals surface area contributed by atoms with E-state index in [1.807, 2.05) is 6.07 Å². The highest BCUT2D eigenvalue weighted by molar-refractivity contribution is 9.10. The number of nitrogens with one attached hydrogen (secondary N) is 1. The Kier molecular flexibility index (Phi) is 4.54. The second-order valence-corrected chi connectivity index (χ2v) is 8.36. The van der Waals surface area contributed by atoms with Crippen molar-refractivity contribution >= 4 is 27.7 Å². The summed E-state index contributed by atoms with van der Waals surface area (Å²) in [6, 6.07) is 11.8. The molecule has 4 rings (SSSR count). The number of amides is 2. The number of fused-ring (bicyclic) bond motifs is 1. The highest BCUT2D eigenvalue weighted by atomic mass is 79.9. The number of carbonyl (C=O) groups excluding carboxylic acids is 2. The van der Waals surface area contributed by atoms with E-state index >= 15 is 0 Å². The fourth-order valence-electron chi connectivity index (χ4n) is 4.11. The van der Waals surface area contributed by atoms with Gasteiger partial charge in [-0.2, -0.15) is 0 Å². The lowest BCUT2D eigenvalue weighted by molar-refractivity contribution is -0.134. The van der Waals surface area contributed by atoms with Crippen LogP contribution in [0.4, 0.5) is 4.39 Å². The van der Waals surface area contributed by atoms with E-state index in [9.17, 15) is 14.0 Å². The van der Waals surface area contributed by atoms with Crippen LogP contribution < -0.4 is 5.32 Å². The normalized spacial score (nSPS) is 24.2. The fourth-order valence-corrected chi connectivity index (χ4v) is 4.51. The van der Waals surface area contributed by atoms with Crippen molar-refractivity contribution in [2.24, 2.45) is 0 Å². The summed E-state index contributed by atoms with van der Waals surface area (Å²) in [6.07, 6.45) is 2.16. The zero-order valence-electron chi connectivity index (χ0n) is 15.0. The third-order valence-corrected chi connectivity index (χ3v) is 6.09. The fraction of sp³-hybridized carbons (Fsp3) is 0.333. The number of hydrogen-bond acceptors (Lipinski definition) is 2. The summed E-state index contributed by atoms with van der Waals surface area (Å²) < 4.78 is 14.5. The van der Waals surface area contributed by atoms with Crippen molar-refractivity contribution in [1.29, 1.82) is 0 Å². The Hall–Kier alpha value is -2.21. The molecule has 1 saturated heterocycles. The Bertz CT molecular complexity index is 932. The number of likely N-dealkylation sites (tertiary alicyclic amines) is 1. The molecule has 0 radical (unpaired) electrons. The van der Waals surface area contributed by atoms with Crippen molar-refractivity contribution < 1.29 is 14.0 Å². The van der Waals surface area contributed by atoms with Gasteiger partial charge in [-0.3, -0.25) is 9.59 Å². The summed E-state index contributed by atoms with van der Waals surface area (Å²) in [5.41, 5.74) is 1.55. The minimum atomic E-state index is -0.949. The van der Waals surface area contributed by atoms with Crippen molar-refractivity contribution in [3.8, 4) is 0 Å². The van der Waals surface area contributed by atoms with Crippen molar-refractivity contribution in [1.82, 2.24) is 10.2 Å². The Morgan fingerprint density at radius 2 is 2.11 bits per heavy atom. The van der Waals surface area contributed by atoms with Gasteiger partial charge in [0.1, 0.15) is 11.4 Å². The molecule has 6 heteroatoms. The Labute approximate surface area is 165 Å². The first-order valence-corrected chi connectivity index (χ1v) is 9.84. The van der Waals surface area contributed by atoms with E-state index in [-0.39, 0.29) is 23.7 Å². The third kappa shape index (κ3) is 3.27. The summed E-state index contributed by atoms with van der Waals surface area (Å²) in [7, 11) is 0. The molecule has 2 amide bonds. The van der Waals surface area contributed by atoms with Crippen LogP contribution in [0.2, 0.25) is 0 Å². The van der Waals surface area contributed by atoms with E-state index < -0.39 is 5.54 Å². The number of aryl methyl sites for hydroxylation is 1. The van der Waals surface area contributed by atoms with Gasteiger partial charge >= 0.3 is 0 Å². The monoisotopic (exact) mass is 430 g/mol. The molecule has 2 unspecified atom stereocenters. The summed E-state index contributed by atoms with van der Waals surface area (Å²) in [4.78, 5) is 27.6. The molecule has 2 atom stereocenters. The second kappa shape index (κ2) is 6.75. The number of carbonyl (C=O) groups is 2. The first-order valence-electron chi connectivity index (χ1n) is 9.05. The van der Waals surface area contributed by atoms with Crippen molar-refractivity contribution in [2.45, 2.75) is 37.8 Å². The minimum absolute atomic E-state index is 0.104. The van der Waals surface area contributed by atoms with Gasteiger partial charge in [0.25, 0.3) is 5.91 Å². The predicted molar refractivity (Wildman–Crippen MR) is 104 cm³/mol. The van der Waals surface area contributed by atoms with E-state index in [2.05, 4.69) is 21.2 Å². The summed E-state index contributed by atoms with van der Waals surface area (Å²) in [6.45, 7) is 2.32. The van der Waals surface area contributed by atoms with Gasteiger partial charge in [0, 0.05) is 16.6 Å². The Balaban J connectivity index is 1.53. The van der Waals surface area contributed by atoms with Gasteiger partial charge in [-0.1, -0.05) is 28.1 Å². The minimum Gasteiger partial charge on any atom is -0.338 e. The van der Waals surface area contributed by atoms with Gasteiger partial charge in [-0.25, -0.2) is 4.39 Å². The molecule has 4 nitrogen and oxygen atoms in total. The van der Waals surface area contributed by atoms with E-state index in [1.54, 1.807) is 36.1 Å². The van der Waals surface area contributed by atoms with Crippen LogP contribution in [0.3, 0.4) is 0 Å². The van der Waals surface area contributed by atoms with Gasteiger partial charge in [0.2, 0.25) is 5.91 Å². The Morgan fingerprint density at radius 1 is 1.30 bits per heavy atom. The average molecular weight is 431 g/mol. The number of halogens is 2. The standard InChI is InChI=1S/C21H20BrFN2O2/c1-21(24-19(26)14-3-2-4-15(22)11-14)9-10-25(20(21)27)18-8-6-13-5-7-16(23)12-17(13)18/h2-5,7,11-12,18H,6,8-10H2,1H3,(H,24,26). The molecule has 1 aliphatic carbocycles. The molecule has 0 aromatic heterocycles. The Morgan fingerprint density at radius 3 is 2.89 bits per heavy atom. The number of rotatable bonds is 3. The maximum absolute atomic E-state index is 13.7. The molecule has 27 heavy (non-hydrogen) atoms. The molecule has 2 aliphatic rings. The molecule has 140 valence electrons. The van der Waals surface area contributed by atoms with Crippen molar-refractivity contribution in [3.63, 3.8) is 0 Å². The van der Waals surface area contributed by atoms with Crippen LogP contribution in [0.5, 0.6) is 0 Å². The van der Waals surface area contributed by atoms with Crippen LogP contribution in [0.15, 0.2) is 46.9 Å². The third-order valence-electron chi connectivity index (χ3n) is 5.59. The molecule has 2 aromatic rings. The zero-order chi connectivity index (χ0) is 19.2. The van der Waals surface area contributed by atoms with Gasteiger partial charge in [0.15, 0.2) is 0 Å². The lowest BCUT2D eigenvalue weighted by Gasteiger charge is -2.29. The smallest absolute Gasteiger partial charge is 0.252 e. The molecule has 0 bridgehead atoms. The summed E-state index contributed by atoms with van der Waals surface area (Å²) in [5.74, 6) is -0.655. The zero-order valence-corrected chi connectivity index (χ0v) is 16.6. The first kappa shape index (κ1) is 18.2. The topological polar surface area (TPSA) is 49.4 Å². The first-order chi connectivity index (χ1) is 12.9. The van der Waals surface area contributed by atoms with Crippen LogP contribution >= 0.6 is 15.9 Å². The highest BCUT2D eigenvalue weighted by Gasteiger charge is 2.47. The molecular weight excluding hydrogens is 411 g/mol. The molecule has 1 N–H and O–H groups in total. The van der Waals surface area contributed by atoms with Gasteiger partial charge in [-0.05, 0) is 67.6 Å². The van der Waals surface area contributed by atoms with E-state index in [4.69, 9.17) is 0 Å². The highest BCUT2D eigenvalue weighted by Crippen LogP contribution is 2.40. The maximum atomic E-state index is 13.7. The van der Waals surface area contributed by atoms with Crippen molar-refractivity contribution in [2.75, 3.05) is 6.54 Å². The molecule has 0 spiro atoms. The van der Waals surface area contributed by atoms with E-state index in [0.29, 0.717) is 18.5 Å². The molecule has 0 saturated carbocycles. The quantitative estimate of drug-likeness (QED) is 0.799. The molecule has 2 aromatic carbocycles. The second-order valence-electron chi connectivity index (χ2n) is 7.44. The lowest BCUT2D eigenvalue weighted by Crippen LogP contribution is -2.52. The number of benzene rings is 2. The molecule has 1 aliphatic heterocycles. The molecular formula is C21H20BrFN2O2. The van der Waals surface area contributed by atoms with Gasteiger partial charge in [0.05, 0.1) is 6.04 Å². The van der Waals surface area contributed by atoms with Gasteiger partial charge in [-0.15, -0.1) is 0 Å². The van der Waals surface area contributed by atoms with Gasteiger partial charge < -0.3 is 10.2 Å². The largest absolute Gasteiger partial charge is 0.338 e. The van der Waals surface area contributed by atoms with E-state index in [0.717, 1.165) is 28.4 Å². The molecule has 1 heterocycles. The predicted octanol–water partition coefficient (Wildman–Crippen LogP) is 4.00. The number of hydrogen-bond donors (Lipinski definition) is 1. The number of nitrogens with zero attached hydrogens (tertiary/aromatic N) is 1. The lowest BCUT2D eigenvalue weighted by atomic mass is 9.99. The van der Waals surface area contributed by atoms with Crippen molar-refractivity contribution in [3.05, 3.63) is 69.4 Å². The van der Waals surface area contributed by atoms with E-state index in [1.165, 1.54) is 12.1 Å². The van der Waals surface area contributed by atoms with Crippen LogP contribution in [-0.2, 0) is 11.2 Å². The van der Waals surface area contributed by atoms with Crippen LogP contribution in [-0.4, -0.2) is 28.8 Å². The van der Waals surface area contributed by atoms with Crippen LogP contribution in [0.25, 0.3) is 0 Å². The SMILES string of the molecule is CC1(NC(=O)c2cccc(Br)c2)CCN(C2CCc3ccc(F)cc32)C1=O. The van der Waals surface area contributed by atoms with Crippen LogP contribution in [0.1, 0.15) is 47.3 Å². The van der Waals surface area contributed by atoms with Crippen LogP contribution in [0, 0.1) is 5.82 Å². The maximum Gasteiger partial charge on any atom is 0.252 e. The molecule has 1 fully saturated rings. The average Bonchev–Trinajstić information content (AvgIpc) is 3.16. The summed E-state index contributed by atoms with van der Waals surface area (Å²) in [5, 5.41) is 2.91. The summed E-state index contributed by atoms with van der Waals surface area (Å²) >= 11 is 3.36.